The molecule has 0 saturated carbocycles. The summed E-state index contributed by atoms with van der Waals surface area (Å²) in [5, 5.41) is 16.5. The number of nitro groups is 1. The normalized spacial score (nSPS) is 11.8. The Morgan fingerprint density at radius 2 is 1.41 bits per heavy atom. The van der Waals surface area contributed by atoms with Crippen molar-refractivity contribution in [3.8, 4) is 22.6 Å². The first-order chi connectivity index (χ1) is 27.1. The number of hydrogen-bond acceptors (Lipinski definition) is 9. The molecule has 0 spiro atoms. The largest absolute Gasteiger partial charge is 0.495 e. The monoisotopic (exact) mass is 759 g/mol. The molecular formula is C44H45N3O9. The van der Waals surface area contributed by atoms with E-state index in [9.17, 15) is 24.5 Å². The number of anilines is 1. The molecule has 1 atom stereocenters. The van der Waals surface area contributed by atoms with Gasteiger partial charge in [-0.1, -0.05) is 99.1 Å². The molecule has 6 rings (SSSR count). The van der Waals surface area contributed by atoms with Gasteiger partial charge in [0.1, 0.15) is 24.7 Å². The third-order valence-corrected chi connectivity index (χ3v) is 9.03. The highest BCUT2D eigenvalue weighted by molar-refractivity contribution is 5.88. The Balaban J connectivity index is 0.00000194. The molecule has 0 fully saturated rings. The van der Waals surface area contributed by atoms with Crippen LogP contribution in [0.25, 0.3) is 11.1 Å². The van der Waals surface area contributed by atoms with Gasteiger partial charge in [-0.15, -0.1) is 0 Å². The van der Waals surface area contributed by atoms with Gasteiger partial charge in [0, 0.05) is 25.1 Å². The average Bonchev–Trinajstić information content (AvgIpc) is 3.54. The van der Waals surface area contributed by atoms with Crippen molar-refractivity contribution in [3.63, 3.8) is 0 Å². The van der Waals surface area contributed by atoms with E-state index < -0.39 is 22.9 Å². The Hall–Kier alpha value is -6.69. The maximum atomic E-state index is 13.8. The Morgan fingerprint density at radius 1 is 0.804 bits per heavy atom. The number of rotatable bonds is 14. The quantitative estimate of drug-likeness (QED) is 0.0643. The first-order valence-corrected chi connectivity index (χ1v) is 18.3. The second-order valence-corrected chi connectivity index (χ2v) is 13.0. The van der Waals surface area contributed by atoms with Crippen molar-refractivity contribution in [2.45, 2.75) is 45.1 Å². The topological polar surface area (TPSA) is 155 Å². The van der Waals surface area contributed by atoms with Gasteiger partial charge in [-0.2, -0.15) is 0 Å². The van der Waals surface area contributed by atoms with Crippen molar-refractivity contribution in [2.24, 2.45) is 0 Å². The molecule has 0 saturated heterocycles. The standard InChI is InChI=1S/C41H37N3O9.C3H8/c1-42-39(45)25-51-30-18-13-27(14-19-30)23-52-40(46)35(21-26-11-16-29(17-12-26)44(48)49)28-15-20-38(50-2)37(22-28)43-41(47)53-24-36-33-9-5-3-7-31(33)32-8-4-6-10-34(32)36;1-3-2/h3-20,22,35-36H,21,23-25H2,1-2H3,(H,42,45)(H,43,47);3H2,1-2H3. The van der Waals surface area contributed by atoms with Crippen LogP contribution in [0.2, 0.25) is 0 Å². The van der Waals surface area contributed by atoms with Crippen molar-refractivity contribution in [3.05, 3.63) is 153 Å². The molecule has 290 valence electrons. The maximum Gasteiger partial charge on any atom is 0.411 e. The Labute approximate surface area is 325 Å². The first kappa shape index (κ1) is 40.5. The number of nitrogens with zero attached hydrogens (tertiary/aromatic N) is 1. The molecule has 0 radical (unpaired) electrons. The number of nitro benzene ring substituents is 1. The SMILES string of the molecule is CCC.CNC(=O)COc1ccc(COC(=O)C(Cc2ccc([N+](=O)[O-])cc2)c2ccc(OC)c(NC(=O)OCC3c4ccccc4-c4ccccc43)c2)cc1. The van der Waals surface area contributed by atoms with Crippen LogP contribution in [0.4, 0.5) is 16.2 Å². The summed E-state index contributed by atoms with van der Waals surface area (Å²) in [6, 6.07) is 33.8. The summed E-state index contributed by atoms with van der Waals surface area (Å²) < 4.78 is 22.5. The lowest BCUT2D eigenvalue weighted by molar-refractivity contribution is -0.384. The van der Waals surface area contributed by atoms with E-state index in [4.69, 9.17) is 18.9 Å². The van der Waals surface area contributed by atoms with Crippen LogP contribution in [0.5, 0.6) is 11.5 Å². The molecular weight excluding hydrogens is 714 g/mol. The van der Waals surface area contributed by atoms with Gasteiger partial charge in [-0.3, -0.25) is 25.0 Å². The highest BCUT2D eigenvalue weighted by atomic mass is 16.6. The summed E-state index contributed by atoms with van der Waals surface area (Å²) in [5.74, 6) is -0.982. The number of esters is 1. The number of amides is 2. The van der Waals surface area contributed by atoms with Crippen molar-refractivity contribution >= 4 is 29.3 Å². The zero-order chi connectivity index (χ0) is 40.0. The Kier molecular flexibility index (Phi) is 14.2. The number of non-ortho nitro benzene ring substituents is 1. The Bertz CT molecular complexity index is 2090. The number of fused-ring (bicyclic) bond motifs is 3. The van der Waals surface area contributed by atoms with Gasteiger partial charge in [0.15, 0.2) is 6.61 Å². The molecule has 1 aliphatic carbocycles. The lowest BCUT2D eigenvalue weighted by Gasteiger charge is -2.20. The van der Waals surface area contributed by atoms with Crippen LogP contribution >= 0.6 is 0 Å². The average molecular weight is 760 g/mol. The molecule has 0 aromatic heterocycles. The van der Waals surface area contributed by atoms with E-state index in [-0.39, 0.29) is 49.4 Å². The molecule has 12 heteroatoms. The third-order valence-electron chi connectivity index (χ3n) is 9.03. The van der Waals surface area contributed by atoms with E-state index >= 15 is 0 Å². The zero-order valence-electron chi connectivity index (χ0n) is 31.8. The number of carbonyl (C=O) groups is 3. The second-order valence-electron chi connectivity index (χ2n) is 13.0. The van der Waals surface area contributed by atoms with Crippen LogP contribution in [0.15, 0.2) is 115 Å². The van der Waals surface area contributed by atoms with Gasteiger partial charge < -0.3 is 24.3 Å². The fourth-order valence-corrected chi connectivity index (χ4v) is 6.27. The lowest BCUT2D eigenvalue weighted by atomic mass is 9.91. The first-order valence-electron chi connectivity index (χ1n) is 18.3. The highest BCUT2D eigenvalue weighted by Crippen LogP contribution is 2.44. The molecule has 56 heavy (non-hydrogen) atoms. The summed E-state index contributed by atoms with van der Waals surface area (Å²) in [4.78, 5) is 49.3. The molecule has 5 aromatic carbocycles. The molecule has 1 aliphatic rings. The molecule has 0 bridgehead atoms. The van der Waals surface area contributed by atoms with Gasteiger partial charge in [0.25, 0.3) is 11.6 Å². The minimum Gasteiger partial charge on any atom is -0.495 e. The van der Waals surface area contributed by atoms with Crippen molar-refractivity contribution in [1.29, 1.82) is 0 Å². The Morgan fingerprint density at radius 3 is 2.00 bits per heavy atom. The summed E-state index contributed by atoms with van der Waals surface area (Å²) in [6.45, 7) is 4.18. The van der Waals surface area contributed by atoms with Crippen molar-refractivity contribution in [1.82, 2.24) is 5.32 Å². The highest BCUT2D eigenvalue weighted by Gasteiger charge is 2.30. The van der Waals surface area contributed by atoms with Crippen LogP contribution in [-0.4, -0.2) is 50.3 Å². The predicted molar refractivity (Wildman–Crippen MR) is 213 cm³/mol. The van der Waals surface area contributed by atoms with Crippen LogP contribution < -0.4 is 20.1 Å². The minimum atomic E-state index is -0.861. The lowest BCUT2D eigenvalue weighted by Crippen LogP contribution is -2.24. The number of carbonyl (C=O) groups excluding carboxylic acids is 3. The number of methoxy groups -OCH3 is 1. The van der Waals surface area contributed by atoms with E-state index in [2.05, 4.69) is 36.6 Å². The van der Waals surface area contributed by atoms with Crippen LogP contribution in [-0.2, 0) is 32.1 Å². The van der Waals surface area contributed by atoms with Gasteiger partial charge in [0.2, 0.25) is 0 Å². The fraction of sp³-hybridized carbons (Fsp3) is 0.250. The van der Waals surface area contributed by atoms with E-state index in [1.165, 1.54) is 32.7 Å². The number of ether oxygens (including phenoxy) is 4. The molecule has 0 heterocycles. The smallest absolute Gasteiger partial charge is 0.411 e. The zero-order valence-corrected chi connectivity index (χ0v) is 31.8. The van der Waals surface area contributed by atoms with E-state index in [0.29, 0.717) is 28.2 Å². The van der Waals surface area contributed by atoms with E-state index in [1.54, 1.807) is 54.6 Å². The number of benzene rings is 5. The predicted octanol–water partition coefficient (Wildman–Crippen LogP) is 8.58. The summed E-state index contributed by atoms with van der Waals surface area (Å²) in [7, 11) is 2.99. The second kappa shape index (κ2) is 19.6. The molecule has 0 aliphatic heterocycles. The third kappa shape index (κ3) is 10.3. The summed E-state index contributed by atoms with van der Waals surface area (Å²) >= 11 is 0. The van der Waals surface area contributed by atoms with Gasteiger partial charge in [0.05, 0.1) is 23.6 Å². The maximum absolute atomic E-state index is 13.8. The molecule has 2 amide bonds. The summed E-state index contributed by atoms with van der Waals surface area (Å²) in [5.41, 5.74) is 6.47. The minimum absolute atomic E-state index is 0.0493. The van der Waals surface area contributed by atoms with Crippen LogP contribution in [0.3, 0.4) is 0 Å². The fourth-order valence-electron chi connectivity index (χ4n) is 6.27. The van der Waals surface area contributed by atoms with Gasteiger partial charge in [-0.25, -0.2) is 4.79 Å². The van der Waals surface area contributed by atoms with Gasteiger partial charge in [-0.05, 0) is 69.6 Å². The number of likely N-dealkylation sites (N-methyl/N-ethyl adjacent to an activating group) is 1. The number of hydrogen-bond donors (Lipinski definition) is 2. The van der Waals surface area contributed by atoms with Crippen LogP contribution in [0.1, 0.15) is 59.9 Å². The molecule has 5 aromatic rings. The van der Waals surface area contributed by atoms with E-state index in [0.717, 1.165) is 22.3 Å². The van der Waals surface area contributed by atoms with Crippen molar-refractivity contribution < 1.29 is 38.3 Å². The van der Waals surface area contributed by atoms with E-state index in [1.807, 2.05) is 36.4 Å². The number of nitrogens with one attached hydrogen (secondary N) is 2. The molecule has 1 unspecified atom stereocenters. The van der Waals surface area contributed by atoms with Crippen LogP contribution in [0, 0.1) is 10.1 Å². The summed E-state index contributed by atoms with van der Waals surface area (Å²) in [6.07, 6.45) is 0.708. The van der Waals surface area contributed by atoms with Gasteiger partial charge >= 0.3 is 12.1 Å². The molecule has 2 N–H and O–H groups in total. The van der Waals surface area contributed by atoms with Crippen molar-refractivity contribution in [2.75, 3.05) is 32.7 Å². The molecule has 12 nitrogen and oxygen atoms in total.